The van der Waals surface area contributed by atoms with Crippen LogP contribution in [0.25, 0.3) is 0 Å². The van der Waals surface area contributed by atoms with Gasteiger partial charge in [0.25, 0.3) is 0 Å². The Hall–Kier alpha value is -2.10. The Labute approximate surface area is 124 Å². The summed E-state index contributed by atoms with van der Waals surface area (Å²) >= 11 is 0. The van der Waals surface area contributed by atoms with Crippen LogP contribution in [0.4, 0.5) is 5.69 Å². The third kappa shape index (κ3) is 5.06. The molecule has 1 aromatic rings. The number of carbonyl (C=O) groups is 1. The fourth-order valence-electron chi connectivity index (χ4n) is 1.95. The average molecular weight is 291 g/mol. The summed E-state index contributed by atoms with van der Waals surface area (Å²) in [6.07, 6.45) is -0.674. The van der Waals surface area contributed by atoms with E-state index in [1.165, 1.54) is 0 Å². The highest BCUT2D eigenvalue weighted by molar-refractivity contribution is 5.81. The van der Waals surface area contributed by atoms with Gasteiger partial charge in [0.05, 0.1) is 30.9 Å². The predicted molar refractivity (Wildman–Crippen MR) is 79.9 cm³/mol. The van der Waals surface area contributed by atoms with E-state index in [9.17, 15) is 9.90 Å². The lowest BCUT2D eigenvalue weighted by Gasteiger charge is -2.23. The van der Waals surface area contributed by atoms with Crippen LogP contribution in [0, 0.1) is 11.3 Å². The summed E-state index contributed by atoms with van der Waals surface area (Å²) in [5.74, 6) is -0.145. The van der Waals surface area contributed by atoms with Gasteiger partial charge in [0.2, 0.25) is 5.91 Å². The van der Waals surface area contributed by atoms with Gasteiger partial charge in [0.15, 0.2) is 0 Å². The normalized spacial score (nSPS) is 11.6. The predicted octanol–water partition coefficient (Wildman–Crippen LogP) is 0.810. The van der Waals surface area contributed by atoms with Gasteiger partial charge in [0, 0.05) is 32.0 Å². The van der Waals surface area contributed by atoms with Crippen molar-refractivity contribution in [3.63, 3.8) is 0 Å². The van der Waals surface area contributed by atoms with E-state index in [0.717, 1.165) is 0 Å². The summed E-state index contributed by atoms with van der Waals surface area (Å²) < 4.78 is 4.87. The van der Waals surface area contributed by atoms with E-state index in [0.29, 0.717) is 30.0 Å². The minimum Gasteiger partial charge on any atom is -0.389 e. The number of aliphatic hydroxyl groups is 1. The molecule has 6 heteroatoms. The third-order valence-corrected chi connectivity index (χ3v) is 3.03. The molecule has 0 spiro atoms. The summed E-state index contributed by atoms with van der Waals surface area (Å²) in [6.45, 7) is 2.69. The molecule has 0 saturated heterocycles. The van der Waals surface area contributed by atoms with Gasteiger partial charge in [-0.3, -0.25) is 4.79 Å². The lowest BCUT2D eigenvalue weighted by atomic mass is 10.0. The molecule has 2 N–H and O–H groups in total. The Morgan fingerprint density at radius 2 is 2.29 bits per heavy atom. The number of nitrogens with one attached hydrogen (secondary N) is 1. The molecule has 0 saturated carbocycles. The number of amides is 1. The second-order valence-electron chi connectivity index (χ2n) is 4.76. The minimum atomic E-state index is -0.674. The van der Waals surface area contributed by atoms with Crippen molar-refractivity contribution >= 4 is 11.6 Å². The van der Waals surface area contributed by atoms with Crippen LogP contribution < -0.4 is 10.2 Å². The molecule has 1 amide bonds. The molecule has 0 radical (unpaired) electrons. The van der Waals surface area contributed by atoms with Gasteiger partial charge in [-0.15, -0.1) is 0 Å². The number of methoxy groups -OCH3 is 1. The molecule has 0 aliphatic carbocycles. The molecule has 0 heterocycles. The Balaban J connectivity index is 2.83. The van der Waals surface area contributed by atoms with Crippen molar-refractivity contribution in [1.82, 2.24) is 5.32 Å². The van der Waals surface area contributed by atoms with Gasteiger partial charge in [-0.05, 0) is 19.1 Å². The number of nitriles is 1. The Bertz CT molecular complexity index is 523. The number of benzene rings is 1. The summed E-state index contributed by atoms with van der Waals surface area (Å²) in [5.41, 5.74) is 1.84. The molecule has 1 rings (SSSR count). The van der Waals surface area contributed by atoms with Crippen LogP contribution >= 0.6 is 0 Å². The van der Waals surface area contributed by atoms with Crippen LogP contribution in [0.3, 0.4) is 0 Å². The second kappa shape index (κ2) is 8.25. The Kier molecular flexibility index (Phi) is 6.66. The van der Waals surface area contributed by atoms with E-state index >= 15 is 0 Å². The Morgan fingerprint density at radius 1 is 1.57 bits per heavy atom. The van der Waals surface area contributed by atoms with Crippen molar-refractivity contribution < 1.29 is 14.6 Å². The maximum Gasteiger partial charge on any atom is 0.239 e. The van der Waals surface area contributed by atoms with Crippen LogP contribution in [0.2, 0.25) is 0 Å². The van der Waals surface area contributed by atoms with Gasteiger partial charge in [-0.2, -0.15) is 5.26 Å². The van der Waals surface area contributed by atoms with Gasteiger partial charge in [-0.1, -0.05) is 6.07 Å². The maximum absolute atomic E-state index is 11.8. The molecule has 21 heavy (non-hydrogen) atoms. The van der Waals surface area contributed by atoms with Crippen molar-refractivity contribution in [3.05, 3.63) is 29.3 Å². The average Bonchev–Trinajstić information content (AvgIpc) is 2.46. The second-order valence-corrected chi connectivity index (χ2v) is 4.76. The van der Waals surface area contributed by atoms with Crippen molar-refractivity contribution in [3.8, 4) is 6.07 Å². The smallest absolute Gasteiger partial charge is 0.239 e. The summed E-state index contributed by atoms with van der Waals surface area (Å²) in [4.78, 5) is 13.5. The number of likely N-dealkylation sites (N-methyl/N-ethyl adjacent to an activating group) is 1. The van der Waals surface area contributed by atoms with Crippen molar-refractivity contribution in [2.45, 2.75) is 13.0 Å². The van der Waals surface area contributed by atoms with E-state index in [1.54, 1.807) is 44.2 Å². The number of carbonyl (C=O) groups excluding carboxylic acids is 1. The molecule has 0 fully saturated rings. The number of hydrogen-bond donors (Lipinski definition) is 2. The fraction of sp³-hybridized carbons (Fsp3) is 0.467. The van der Waals surface area contributed by atoms with Crippen molar-refractivity contribution in [2.75, 3.05) is 38.8 Å². The molecule has 0 unspecified atom stereocenters. The van der Waals surface area contributed by atoms with E-state index < -0.39 is 6.10 Å². The number of hydrogen-bond acceptors (Lipinski definition) is 5. The van der Waals surface area contributed by atoms with Gasteiger partial charge >= 0.3 is 0 Å². The molecule has 6 nitrogen and oxygen atoms in total. The van der Waals surface area contributed by atoms with Crippen molar-refractivity contribution in [2.24, 2.45) is 0 Å². The highest BCUT2D eigenvalue weighted by atomic mass is 16.5. The number of nitrogens with zero attached hydrogens (tertiary/aromatic N) is 2. The standard InChI is InChI=1S/C15H21N3O3/c1-11(19)13-5-4-12(9-16)8-14(13)18(2)10-15(20)17-6-7-21-3/h4-5,8,11,19H,6-7,10H2,1-3H3,(H,17,20)/t11-/m1/s1. The summed E-state index contributed by atoms with van der Waals surface area (Å²) in [7, 11) is 3.32. The quantitative estimate of drug-likeness (QED) is 0.726. The molecule has 0 bridgehead atoms. The number of rotatable bonds is 7. The first-order valence-corrected chi connectivity index (χ1v) is 6.68. The maximum atomic E-state index is 11.8. The van der Waals surface area contributed by atoms with Gasteiger partial charge < -0.3 is 20.1 Å². The highest BCUT2D eigenvalue weighted by Gasteiger charge is 2.15. The highest BCUT2D eigenvalue weighted by Crippen LogP contribution is 2.26. The molecule has 0 aliphatic heterocycles. The van der Waals surface area contributed by atoms with Crippen molar-refractivity contribution in [1.29, 1.82) is 5.26 Å². The molecule has 114 valence electrons. The molecule has 1 aromatic carbocycles. The molecule has 0 aromatic heterocycles. The van der Waals surface area contributed by atoms with Gasteiger partial charge in [0.1, 0.15) is 0 Å². The van der Waals surface area contributed by atoms with E-state index in [4.69, 9.17) is 10.00 Å². The Morgan fingerprint density at radius 3 is 2.86 bits per heavy atom. The monoisotopic (exact) mass is 291 g/mol. The molecule has 0 aliphatic rings. The zero-order valence-electron chi connectivity index (χ0n) is 12.6. The van der Waals surface area contributed by atoms with Crippen LogP contribution in [0.5, 0.6) is 0 Å². The first-order valence-electron chi connectivity index (χ1n) is 6.68. The van der Waals surface area contributed by atoms with Crippen LogP contribution in [-0.4, -0.2) is 44.9 Å². The number of aliphatic hydroxyl groups excluding tert-OH is 1. The zero-order valence-corrected chi connectivity index (χ0v) is 12.6. The van der Waals surface area contributed by atoms with Crippen LogP contribution in [0.15, 0.2) is 18.2 Å². The fourth-order valence-corrected chi connectivity index (χ4v) is 1.95. The molecular weight excluding hydrogens is 270 g/mol. The van der Waals surface area contributed by atoms with Crippen LogP contribution in [-0.2, 0) is 9.53 Å². The first-order chi connectivity index (χ1) is 9.99. The lowest BCUT2D eigenvalue weighted by molar-refractivity contribution is -0.119. The number of ether oxygens (including phenoxy) is 1. The largest absolute Gasteiger partial charge is 0.389 e. The number of anilines is 1. The van der Waals surface area contributed by atoms with Gasteiger partial charge in [-0.25, -0.2) is 0 Å². The first kappa shape index (κ1) is 17.0. The van der Waals surface area contributed by atoms with E-state index in [2.05, 4.69) is 11.4 Å². The third-order valence-electron chi connectivity index (χ3n) is 3.03. The van der Waals surface area contributed by atoms with Crippen LogP contribution in [0.1, 0.15) is 24.2 Å². The van der Waals surface area contributed by atoms with E-state index in [1.807, 2.05) is 0 Å². The summed E-state index contributed by atoms with van der Waals surface area (Å²) in [5, 5.41) is 21.5. The zero-order chi connectivity index (χ0) is 15.8. The van der Waals surface area contributed by atoms with E-state index in [-0.39, 0.29) is 12.5 Å². The lowest BCUT2D eigenvalue weighted by Crippen LogP contribution is -2.37. The minimum absolute atomic E-state index is 0.137. The molecule has 1 atom stereocenters. The SMILES string of the molecule is COCCNC(=O)CN(C)c1cc(C#N)ccc1[C@@H](C)O. The summed E-state index contributed by atoms with van der Waals surface area (Å²) in [6, 6.07) is 7.09. The topological polar surface area (TPSA) is 85.6 Å². The molecular formula is C15H21N3O3.